The van der Waals surface area contributed by atoms with Gasteiger partial charge in [0, 0.05) is 38.4 Å². The van der Waals surface area contributed by atoms with Gasteiger partial charge in [-0.3, -0.25) is 4.90 Å². The van der Waals surface area contributed by atoms with Crippen LogP contribution < -0.4 is 10.6 Å². The van der Waals surface area contributed by atoms with E-state index in [1.807, 2.05) is 19.2 Å². The van der Waals surface area contributed by atoms with Crippen molar-refractivity contribution in [1.82, 2.24) is 9.88 Å². The molecule has 0 aromatic carbocycles. The van der Waals surface area contributed by atoms with Crippen LogP contribution in [0.25, 0.3) is 0 Å². The van der Waals surface area contributed by atoms with E-state index < -0.39 is 0 Å². The zero-order valence-electron chi connectivity index (χ0n) is 11.6. The molecule has 3 N–H and O–H groups in total. The van der Waals surface area contributed by atoms with Gasteiger partial charge in [0.05, 0.1) is 6.61 Å². The highest BCUT2D eigenvalue weighted by molar-refractivity contribution is 5.42. The Bertz CT molecular complexity index is 397. The Morgan fingerprint density at radius 3 is 2.95 bits per heavy atom. The fourth-order valence-corrected chi connectivity index (χ4v) is 2.46. The number of aromatic nitrogens is 1. The summed E-state index contributed by atoms with van der Waals surface area (Å²) in [4.78, 5) is 9.07. The first-order chi connectivity index (χ1) is 9.20. The molecule has 106 valence electrons. The van der Waals surface area contributed by atoms with E-state index in [9.17, 15) is 0 Å². The van der Waals surface area contributed by atoms with Gasteiger partial charge in [-0.25, -0.2) is 4.98 Å². The van der Waals surface area contributed by atoms with Crippen molar-refractivity contribution in [1.29, 1.82) is 0 Å². The van der Waals surface area contributed by atoms with E-state index in [4.69, 9.17) is 10.8 Å². The maximum absolute atomic E-state index is 9.01. The van der Waals surface area contributed by atoms with Gasteiger partial charge in [-0.05, 0) is 37.6 Å². The summed E-state index contributed by atoms with van der Waals surface area (Å²) in [5.74, 6) is 1.01. The second-order valence-corrected chi connectivity index (χ2v) is 5.14. The molecule has 1 aromatic heterocycles. The molecule has 0 unspecified atom stereocenters. The number of rotatable bonds is 4. The van der Waals surface area contributed by atoms with Crippen LogP contribution in [-0.2, 0) is 0 Å². The summed E-state index contributed by atoms with van der Waals surface area (Å²) in [7, 11) is 0. The summed E-state index contributed by atoms with van der Waals surface area (Å²) in [6, 6.07) is 4.11. The minimum absolute atomic E-state index is 0.0413. The molecule has 5 nitrogen and oxygen atoms in total. The van der Waals surface area contributed by atoms with Crippen molar-refractivity contribution in [2.75, 3.05) is 44.2 Å². The van der Waals surface area contributed by atoms with E-state index >= 15 is 0 Å². The third kappa shape index (κ3) is 3.89. The van der Waals surface area contributed by atoms with E-state index in [0.717, 1.165) is 50.5 Å². The van der Waals surface area contributed by atoms with Crippen LogP contribution in [0.3, 0.4) is 0 Å². The second kappa shape index (κ2) is 6.84. The molecule has 2 heterocycles. The normalized spacial score (nSPS) is 19.2. The van der Waals surface area contributed by atoms with Crippen LogP contribution >= 0.6 is 0 Å². The van der Waals surface area contributed by atoms with Crippen LogP contribution in [0.1, 0.15) is 24.9 Å². The Kier molecular flexibility index (Phi) is 5.13. The number of β-amino-alcohol motifs (C(OH)–C–C–N with tert-alkyl or cyclic N) is 1. The molecule has 0 aliphatic carbocycles. The maximum atomic E-state index is 9.01. The molecular formula is C14H24N4O. The molecule has 1 aliphatic heterocycles. The highest BCUT2D eigenvalue weighted by Crippen LogP contribution is 2.18. The van der Waals surface area contributed by atoms with Gasteiger partial charge in [-0.1, -0.05) is 0 Å². The van der Waals surface area contributed by atoms with Gasteiger partial charge in [0.25, 0.3) is 0 Å². The Labute approximate surface area is 115 Å². The fraction of sp³-hybridized carbons (Fsp3) is 0.643. The molecule has 0 bridgehead atoms. The number of nitrogens with zero attached hydrogens (tertiary/aromatic N) is 3. The van der Waals surface area contributed by atoms with E-state index in [0.29, 0.717) is 0 Å². The molecule has 5 heteroatoms. The largest absolute Gasteiger partial charge is 0.395 e. The third-order valence-electron chi connectivity index (χ3n) is 3.62. The lowest BCUT2D eigenvalue weighted by Crippen LogP contribution is -2.32. The third-order valence-corrected chi connectivity index (χ3v) is 3.62. The maximum Gasteiger partial charge on any atom is 0.128 e. The van der Waals surface area contributed by atoms with Crippen LogP contribution in [0, 0.1) is 0 Å². The van der Waals surface area contributed by atoms with Crippen molar-refractivity contribution in [2.24, 2.45) is 5.73 Å². The van der Waals surface area contributed by atoms with Crippen molar-refractivity contribution in [2.45, 2.75) is 19.4 Å². The lowest BCUT2D eigenvalue weighted by atomic mass is 10.1. The molecular weight excluding hydrogens is 240 g/mol. The zero-order chi connectivity index (χ0) is 13.7. The zero-order valence-corrected chi connectivity index (χ0v) is 11.6. The molecule has 1 fully saturated rings. The lowest BCUT2D eigenvalue weighted by Gasteiger charge is -2.23. The van der Waals surface area contributed by atoms with Gasteiger partial charge in [0.1, 0.15) is 5.82 Å². The van der Waals surface area contributed by atoms with Crippen molar-refractivity contribution < 1.29 is 5.11 Å². The average Bonchev–Trinajstić information content (AvgIpc) is 2.65. The number of nitrogens with two attached hydrogens (primary N) is 1. The van der Waals surface area contributed by atoms with Gasteiger partial charge < -0.3 is 15.7 Å². The molecule has 1 atom stereocenters. The highest BCUT2D eigenvalue weighted by Gasteiger charge is 2.16. The monoisotopic (exact) mass is 264 g/mol. The highest BCUT2D eigenvalue weighted by atomic mass is 16.3. The Morgan fingerprint density at radius 1 is 1.37 bits per heavy atom. The number of aliphatic hydroxyl groups is 1. The number of pyridine rings is 1. The van der Waals surface area contributed by atoms with Crippen LogP contribution in [0.15, 0.2) is 18.3 Å². The Hall–Kier alpha value is -1.17. The Morgan fingerprint density at radius 2 is 2.21 bits per heavy atom. The van der Waals surface area contributed by atoms with Crippen LogP contribution in [0.4, 0.5) is 5.82 Å². The van der Waals surface area contributed by atoms with E-state index in [2.05, 4.69) is 20.9 Å². The predicted molar refractivity (Wildman–Crippen MR) is 77.2 cm³/mol. The van der Waals surface area contributed by atoms with Gasteiger partial charge in [-0.2, -0.15) is 0 Å². The SMILES string of the molecule is C[C@@H](N)c1ccnc(N2CCCN(CCO)CC2)c1. The first-order valence-electron chi connectivity index (χ1n) is 7.00. The molecule has 19 heavy (non-hydrogen) atoms. The molecule has 1 aromatic rings. The first kappa shape index (κ1) is 14.2. The summed E-state index contributed by atoms with van der Waals surface area (Å²) >= 11 is 0. The van der Waals surface area contributed by atoms with Crippen molar-refractivity contribution in [3.63, 3.8) is 0 Å². The minimum atomic E-state index is 0.0413. The van der Waals surface area contributed by atoms with Crippen molar-refractivity contribution in [3.8, 4) is 0 Å². The van der Waals surface area contributed by atoms with Gasteiger partial charge in [0.15, 0.2) is 0 Å². The summed E-state index contributed by atoms with van der Waals surface area (Å²) < 4.78 is 0. The predicted octanol–water partition coefficient (Wildman–Crippen LogP) is 0.606. The first-order valence-corrected chi connectivity index (χ1v) is 7.00. The Balaban J connectivity index is 2.03. The van der Waals surface area contributed by atoms with E-state index in [1.54, 1.807) is 0 Å². The second-order valence-electron chi connectivity index (χ2n) is 5.14. The van der Waals surface area contributed by atoms with Crippen LogP contribution in [-0.4, -0.2) is 54.3 Å². The number of hydrogen-bond donors (Lipinski definition) is 2. The van der Waals surface area contributed by atoms with Crippen molar-refractivity contribution >= 4 is 5.82 Å². The molecule has 0 saturated carbocycles. The lowest BCUT2D eigenvalue weighted by molar-refractivity contribution is 0.204. The van der Waals surface area contributed by atoms with Gasteiger partial charge in [0.2, 0.25) is 0 Å². The van der Waals surface area contributed by atoms with Gasteiger partial charge >= 0.3 is 0 Å². The summed E-state index contributed by atoms with van der Waals surface area (Å²) in [5.41, 5.74) is 7.05. The average molecular weight is 264 g/mol. The standard InChI is InChI=1S/C14H24N4O/c1-12(15)13-3-4-16-14(11-13)18-6-2-5-17(7-8-18)9-10-19/h3-4,11-12,19H,2,5-10,15H2,1H3/t12-/m1/s1. The topological polar surface area (TPSA) is 65.6 Å². The number of aliphatic hydroxyl groups excluding tert-OH is 1. The van der Waals surface area contributed by atoms with Crippen molar-refractivity contribution in [3.05, 3.63) is 23.9 Å². The quantitative estimate of drug-likeness (QED) is 0.834. The fourth-order valence-electron chi connectivity index (χ4n) is 2.46. The molecule has 0 spiro atoms. The molecule has 2 rings (SSSR count). The molecule has 0 amide bonds. The summed E-state index contributed by atoms with van der Waals surface area (Å²) in [6.07, 6.45) is 2.94. The molecule has 1 aliphatic rings. The van der Waals surface area contributed by atoms with E-state index in [1.165, 1.54) is 0 Å². The van der Waals surface area contributed by atoms with E-state index in [-0.39, 0.29) is 12.6 Å². The minimum Gasteiger partial charge on any atom is -0.395 e. The molecule has 1 saturated heterocycles. The van der Waals surface area contributed by atoms with Crippen LogP contribution in [0.2, 0.25) is 0 Å². The van der Waals surface area contributed by atoms with Gasteiger partial charge in [-0.15, -0.1) is 0 Å². The number of hydrogen-bond acceptors (Lipinski definition) is 5. The smallest absolute Gasteiger partial charge is 0.128 e. The molecule has 0 radical (unpaired) electrons. The van der Waals surface area contributed by atoms with Crippen LogP contribution in [0.5, 0.6) is 0 Å². The summed E-state index contributed by atoms with van der Waals surface area (Å²) in [5, 5.41) is 9.01. The summed E-state index contributed by atoms with van der Waals surface area (Å²) in [6.45, 7) is 6.98. The number of anilines is 1.